The van der Waals surface area contributed by atoms with Gasteiger partial charge in [-0.15, -0.1) is 0 Å². The summed E-state index contributed by atoms with van der Waals surface area (Å²) in [7, 11) is 0. The first-order chi connectivity index (χ1) is 10.2. The van der Waals surface area contributed by atoms with Crippen molar-refractivity contribution >= 4 is 5.91 Å². The van der Waals surface area contributed by atoms with Crippen LogP contribution >= 0.6 is 0 Å². The Morgan fingerprint density at radius 1 is 1.10 bits per heavy atom. The number of carbonyl (C=O) groups excluding carboxylic acids is 1. The first-order valence-electron chi connectivity index (χ1n) is 6.30. The predicted octanol–water partition coefficient (Wildman–Crippen LogP) is 3.23. The maximum absolute atomic E-state index is 11.1. The summed E-state index contributed by atoms with van der Waals surface area (Å²) >= 11 is 0. The molecule has 0 fully saturated rings. The van der Waals surface area contributed by atoms with E-state index in [1.54, 1.807) is 12.3 Å². The van der Waals surface area contributed by atoms with Crippen LogP contribution in [0.4, 0.5) is 0 Å². The minimum absolute atomic E-state index is 0.162. The van der Waals surface area contributed by atoms with Crippen molar-refractivity contribution in [2.75, 3.05) is 0 Å². The molecule has 0 aliphatic carbocycles. The highest BCUT2D eigenvalue weighted by molar-refractivity contribution is 5.91. The highest BCUT2D eigenvalue weighted by atomic mass is 16.5. The van der Waals surface area contributed by atoms with E-state index in [0.717, 1.165) is 11.3 Å². The lowest BCUT2D eigenvalue weighted by Gasteiger charge is -2.07. The van der Waals surface area contributed by atoms with Gasteiger partial charge in [0.25, 0.3) is 5.91 Å². The van der Waals surface area contributed by atoms with Crippen molar-refractivity contribution in [3.63, 3.8) is 0 Å². The maximum Gasteiger partial charge on any atom is 0.267 e. The molecule has 2 heterocycles. The molecule has 0 saturated carbocycles. The lowest BCUT2D eigenvalue weighted by atomic mass is 10.1. The van der Waals surface area contributed by atoms with Crippen LogP contribution in [0.5, 0.6) is 11.5 Å². The van der Waals surface area contributed by atoms with Gasteiger partial charge in [0, 0.05) is 17.8 Å². The number of hydrogen-bond acceptors (Lipinski definition) is 4. The second kappa shape index (κ2) is 5.50. The van der Waals surface area contributed by atoms with E-state index in [-0.39, 0.29) is 5.69 Å². The molecule has 1 amide bonds. The van der Waals surface area contributed by atoms with Crippen LogP contribution in [0.25, 0.3) is 11.3 Å². The van der Waals surface area contributed by atoms with Crippen molar-refractivity contribution in [3.8, 4) is 22.8 Å². The maximum atomic E-state index is 11.1. The smallest absolute Gasteiger partial charge is 0.267 e. The lowest BCUT2D eigenvalue weighted by molar-refractivity contribution is 0.0995. The fourth-order valence-electron chi connectivity index (χ4n) is 1.90. The quantitative estimate of drug-likeness (QED) is 0.795. The lowest BCUT2D eigenvalue weighted by Crippen LogP contribution is -2.12. The molecular formula is C16H12N2O3. The van der Waals surface area contributed by atoms with Gasteiger partial charge in [-0.3, -0.25) is 9.78 Å². The number of carbonyl (C=O) groups is 1. The van der Waals surface area contributed by atoms with Crippen LogP contribution in [0.3, 0.4) is 0 Å². The Labute approximate surface area is 121 Å². The zero-order valence-corrected chi connectivity index (χ0v) is 11.0. The van der Waals surface area contributed by atoms with Crippen molar-refractivity contribution in [2.45, 2.75) is 0 Å². The summed E-state index contributed by atoms with van der Waals surface area (Å²) in [5, 5.41) is 0. The van der Waals surface area contributed by atoms with Gasteiger partial charge in [-0.1, -0.05) is 12.1 Å². The van der Waals surface area contributed by atoms with Crippen LogP contribution in [-0.2, 0) is 0 Å². The zero-order valence-electron chi connectivity index (χ0n) is 11.0. The summed E-state index contributed by atoms with van der Waals surface area (Å²) in [6, 6.07) is 14.3. The predicted molar refractivity (Wildman–Crippen MR) is 77.0 cm³/mol. The van der Waals surface area contributed by atoms with Gasteiger partial charge in [0.05, 0.1) is 6.26 Å². The van der Waals surface area contributed by atoms with Gasteiger partial charge in [-0.05, 0) is 30.3 Å². The second-order valence-electron chi connectivity index (χ2n) is 4.35. The minimum Gasteiger partial charge on any atom is -0.464 e. The number of rotatable bonds is 4. The Hall–Kier alpha value is -3.08. The third kappa shape index (κ3) is 2.92. The molecule has 0 bridgehead atoms. The summed E-state index contributed by atoms with van der Waals surface area (Å²) in [6.07, 6.45) is 3.09. The Morgan fingerprint density at radius 2 is 1.95 bits per heavy atom. The van der Waals surface area contributed by atoms with Crippen LogP contribution in [0.15, 0.2) is 65.4 Å². The van der Waals surface area contributed by atoms with E-state index in [2.05, 4.69) is 4.98 Å². The molecule has 104 valence electrons. The van der Waals surface area contributed by atoms with Gasteiger partial charge < -0.3 is 14.9 Å². The number of nitrogens with zero attached hydrogens (tertiary/aromatic N) is 1. The van der Waals surface area contributed by atoms with Crippen LogP contribution < -0.4 is 10.5 Å². The standard InChI is InChI=1S/C16H12N2O3/c17-16(19)14-10-13(6-7-18-14)21-12-4-1-3-11(9-12)15-5-2-8-20-15/h1-10H,(H2,17,19). The molecule has 5 nitrogen and oxygen atoms in total. The number of aromatic nitrogens is 1. The highest BCUT2D eigenvalue weighted by Crippen LogP contribution is 2.27. The van der Waals surface area contributed by atoms with E-state index in [9.17, 15) is 4.79 Å². The zero-order chi connectivity index (χ0) is 14.7. The summed E-state index contributed by atoms with van der Waals surface area (Å²) in [6.45, 7) is 0. The molecule has 3 rings (SSSR count). The Balaban J connectivity index is 1.87. The molecule has 0 aliphatic rings. The number of nitrogens with two attached hydrogens (primary N) is 1. The number of primary amides is 1. The highest BCUT2D eigenvalue weighted by Gasteiger charge is 2.06. The molecule has 0 unspecified atom stereocenters. The van der Waals surface area contributed by atoms with Gasteiger partial charge in [0.15, 0.2) is 0 Å². The molecule has 2 aromatic heterocycles. The molecule has 1 aromatic carbocycles. The van der Waals surface area contributed by atoms with Crippen molar-refractivity contribution in [2.24, 2.45) is 5.73 Å². The molecule has 5 heteroatoms. The Morgan fingerprint density at radius 3 is 2.71 bits per heavy atom. The first-order valence-corrected chi connectivity index (χ1v) is 6.30. The van der Waals surface area contributed by atoms with Crippen molar-refractivity contribution in [1.82, 2.24) is 4.98 Å². The van der Waals surface area contributed by atoms with E-state index in [0.29, 0.717) is 11.5 Å². The van der Waals surface area contributed by atoms with Gasteiger partial charge in [0.1, 0.15) is 23.0 Å². The molecule has 21 heavy (non-hydrogen) atoms. The SMILES string of the molecule is NC(=O)c1cc(Oc2cccc(-c3ccco3)c2)ccn1. The van der Waals surface area contributed by atoms with Gasteiger partial charge >= 0.3 is 0 Å². The third-order valence-electron chi connectivity index (χ3n) is 2.86. The number of hydrogen-bond donors (Lipinski definition) is 1. The molecule has 0 radical (unpaired) electrons. The third-order valence-corrected chi connectivity index (χ3v) is 2.86. The van der Waals surface area contributed by atoms with Gasteiger partial charge in [-0.2, -0.15) is 0 Å². The number of benzene rings is 1. The van der Waals surface area contributed by atoms with Gasteiger partial charge in [-0.25, -0.2) is 0 Å². The van der Waals surface area contributed by atoms with Crippen LogP contribution in [0, 0.1) is 0 Å². The fraction of sp³-hybridized carbons (Fsp3) is 0. The first kappa shape index (κ1) is 12.9. The summed E-state index contributed by atoms with van der Waals surface area (Å²) in [5.74, 6) is 1.29. The molecule has 2 N–H and O–H groups in total. The number of amides is 1. The molecule has 3 aromatic rings. The summed E-state index contributed by atoms with van der Waals surface area (Å²) in [4.78, 5) is 15.0. The van der Waals surface area contributed by atoms with Gasteiger partial charge in [0.2, 0.25) is 0 Å². The van der Waals surface area contributed by atoms with Crippen molar-refractivity contribution < 1.29 is 13.9 Å². The molecule has 0 spiro atoms. The van der Waals surface area contributed by atoms with E-state index in [1.807, 2.05) is 36.4 Å². The normalized spacial score (nSPS) is 10.3. The van der Waals surface area contributed by atoms with Crippen LogP contribution in [0.1, 0.15) is 10.5 Å². The van der Waals surface area contributed by atoms with Crippen LogP contribution in [0.2, 0.25) is 0 Å². The minimum atomic E-state index is -0.593. The summed E-state index contributed by atoms with van der Waals surface area (Å²) in [5.41, 5.74) is 6.26. The van der Waals surface area contributed by atoms with E-state index in [1.165, 1.54) is 12.3 Å². The summed E-state index contributed by atoms with van der Waals surface area (Å²) < 4.78 is 11.1. The molecule has 0 saturated heterocycles. The molecule has 0 atom stereocenters. The largest absolute Gasteiger partial charge is 0.464 e. The average molecular weight is 280 g/mol. The second-order valence-corrected chi connectivity index (χ2v) is 4.35. The number of furan rings is 1. The number of pyridine rings is 1. The van der Waals surface area contributed by atoms with Crippen LogP contribution in [-0.4, -0.2) is 10.9 Å². The van der Waals surface area contributed by atoms with E-state index < -0.39 is 5.91 Å². The Kier molecular flexibility index (Phi) is 3.39. The number of ether oxygens (including phenoxy) is 1. The Bertz CT molecular complexity index is 767. The van der Waals surface area contributed by atoms with Crippen molar-refractivity contribution in [1.29, 1.82) is 0 Å². The fourth-order valence-corrected chi connectivity index (χ4v) is 1.90. The van der Waals surface area contributed by atoms with E-state index >= 15 is 0 Å². The van der Waals surface area contributed by atoms with Crippen molar-refractivity contribution in [3.05, 3.63) is 66.7 Å². The molecular weight excluding hydrogens is 268 g/mol. The molecule has 0 aliphatic heterocycles. The topological polar surface area (TPSA) is 78.4 Å². The monoisotopic (exact) mass is 280 g/mol. The van der Waals surface area contributed by atoms with E-state index in [4.69, 9.17) is 14.9 Å². The average Bonchev–Trinajstić information content (AvgIpc) is 3.02.